The van der Waals surface area contributed by atoms with E-state index >= 15 is 0 Å². The molecule has 5 heteroatoms. The molecule has 1 N–H and O–H groups in total. The number of thiazole rings is 1. The molecule has 1 aliphatic carbocycles. The zero-order valence-electron chi connectivity index (χ0n) is 11.5. The number of thiophene rings is 1. The Morgan fingerprint density at radius 1 is 1.35 bits per heavy atom. The minimum Gasteiger partial charge on any atom is -0.396 e. The molecule has 3 nitrogen and oxygen atoms in total. The van der Waals surface area contributed by atoms with E-state index in [0.717, 1.165) is 24.5 Å². The van der Waals surface area contributed by atoms with Gasteiger partial charge in [0.1, 0.15) is 5.01 Å². The molecule has 0 atom stereocenters. The molecule has 2 aromatic rings. The normalized spacial score (nSPS) is 15.7. The highest BCUT2D eigenvalue weighted by Crippen LogP contribution is 2.29. The van der Waals surface area contributed by atoms with Crippen LogP contribution in [0.25, 0.3) is 10.6 Å². The molecule has 0 aliphatic heterocycles. The highest BCUT2D eigenvalue weighted by Gasteiger charge is 2.25. The van der Waals surface area contributed by atoms with Crippen molar-refractivity contribution in [1.82, 2.24) is 9.88 Å². The van der Waals surface area contributed by atoms with Crippen molar-refractivity contribution < 1.29 is 5.11 Å². The highest BCUT2D eigenvalue weighted by atomic mass is 32.1. The van der Waals surface area contributed by atoms with Gasteiger partial charge in [0.2, 0.25) is 0 Å². The maximum Gasteiger partial charge on any atom is 0.124 e. The standard InChI is InChI=1S/C15H20N2OS2/c18-7-2-6-17(14-3-1-4-14)9-13-11-20-15(16-13)12-5-8-19-10-12/h5,8,10-11,14,18H,1-4,6-7,9H2. The lowest BCUT2D eigenvalue weighted by Crippen LogP contribution is -2.40. The summed E-state index contributed by atoms with van der Waals surface area (Å²) in [7, 11) is 0. The molecule has 3 rings (SSSR count). The second-order valence-electron chi connectivity index (χ2n) is 5.29. The van der Waals surface area contributed by atoms with Crippen LogP contribution in [-0.2, 0) is 6.54 Å². The molecule has 0 radical (unpaired) electrons. The minimum atomic E-state index is 0.278. The van der Waals surface area contributed by atoms with Gasteiger partial charge in [0.05, 0.1) is 5.69 Å². The third-order valence-corrected chi connectivity index (χ3v) is 5.50. The summed E-state index contributed by atoms with van der Waals surface area (Å²) in [5, 5.41) is 16.6. The number of nitrogens with zero attached hydrogens (tertiary/aromatic N) is 2. The van der Waals surface area contributed by atoms with Crippen LogP contribution >= 0.6 is 22.7 Å². The average Bonchev–Trinajstić information content (AvgIpc) is 3.04. The minimum absolute atomic E-state index is 0.278. The maximum absolute atomic E-state index is 9.04. The smallest absolute Gasteiger partial charge is 0.124 e. The second kappa shape index (κ2) is 6.80. The van der Waals surface area contributed by atoms with Crippen LogP contribution in [0, 0.1) is 0 Å². The molecule has 0 aromatic carbocycles. The van der Waals surface area contributed by atoms with E-state index in [0.29, 0.717) is 6.04 Å². The molecular formula is C15H20N2OS2. The maximum atomic E-state index is 9.04. The van der Waals surface area contributed by atoms with Crippen molar-refractivity contribution in [3.8, 4) is 10.6 Å². The van der Waals surface area contributed by atoms with Gasteiger partial charge in [0, 0.05) is 42.1 Å². The van der Waals surface area contributed by atoms with Crippen molar-refractivity contribution in [3.05, 3.63) is 27.9 Å². The summed E-state index contributed by atoms with van der Waals surface area (Å²) in [6, 6.07) is 2.83. The van der Waals surface area contributed by atoms with Crippen LogP contribution in [0.3, 0.4) is 0 Å². The molecule has 1 aliphatic rings. The van der Waals surface area contributed by atoms with Gasteiger partial charge in [-0.2, -0.15) is 11.3 Å². The Labute approximate surface area is 127 Å². The van der Waals surface area contributed by atoms with E-state index in [2.05, 4.69) is 27.1 Å². The Hall–Kier alpha value is -0.750. The lowest BCUT2D eigenvalue weighted by molar-refractivity contribution is 0.108. The van der Waals surface area contributed by atoms with E-state index in [-0.39, 0.29) is 6.61 Å². The van der Waals surface area contributed by atoms with Gasteiger partial charge in [-0.3, -0.25) is 4.90 Å². The molecule has 0 bridgehead atoms. The van der Waals surface area contributed by atoms with Crippen molar-refractivity contribution in [3.63, 3.8) is 0 Å². The van der Waals surface area contributed by atoms with Crippen LogP contribution in [0.2, 0.25) is 0 Å². The van der Waals surface area contributed by atoms with Crippen LogP contribution in [0.4, 0.5) is 0 Å². The number of hydrogen-bond acceptors (Lipinski definition) is 5. The van der Waals surface area contributed by atoms with Crippen LogP contribution < -0.4 is 0 Å². The Bertz CT molecular complexity index is 520. The lowest BCUT2D eigenvalue weighted by atomic mass is 9.91. The predicted molar refractivity (Wildman–Crippen MR) is 85.2 cm³/mol. The monoisotopic (exact) mass is 308 g/mol. The van der Waals surface area contributed by atoms with E-state index in [1.165, 1.54) is 30.5 Å². The Kier molecular flexibility index (Phi) is 4.83. The molecule has 2 heterocycles. The quantitative estimate of drug-likeness (QED) is 0.849. The average molecular weight is 308 g/mol. The number of aliphatic hydroxyl groups excluding tert-OH is 1. The first kappa shape index (κ1) is 14.2. The van der Waals surface area contributed by atoms with Gasteiger partial charge in [-0.15, -0.1) is 11.3 Å². The third-order valence-electron chi connectivity index (χ3n) is 3.88. The summed E-state index contributed by atoms with van der Waals surface area (Å²) in [6.07, 6.45) is 4.80. The summed E-state index contributed by atoms with van der Waals surface area (Å²) < 4.78 is 0. The second-order valence-corrected chi connectivity index (χ2v) is 6.93. The molecule has 0 spiro atoms. The lowest BCUT2D eigenvalue weighted by Gasteiger charge is -2.37. The Balaban J connectivity index is 1.65. The summed E-state index contributed by atoms with van der Waals surface area (Å²) in [4.78, 5) is 7.25. The van der Waals surface area contributed by atoms with Crippen molar-refractivity contribution in [2.45, 2.75) is 38.3 Å². The number of aromatic nitrogens is 1. The fraction of sp³-hybridized carbons (Fsp3) is 0.533. The fourth-order valence-electron chi connectivity index (χ4n) is 2.52. The predicted octanol–water partition coefficient (Wildman–Crippen LogP) is 3.61. The zero-order valence-corrected chi connectivity index (χ0v) is 13.1. The van der Waals surface area contributed by atoms with E-state index in [1.54, 1.807) is 22.7 Å². The number of aliphatic hydroxyl groups is 1. The molecule has 20 heavy (non-hydrogen) atoms. The summed E-state index contributed by atoms with van der Waals surface area (Å²) in [5.41, 5.74) is 2.40. The molecule has 1 saturated carbocycles. The van der Waals surface area contributed by atoms with Gasteiger partial charge in [-0.25, -0.2) is 4.98 Å². The summed E-state index contributed by atoms with van der Waals surface area (Å²) >= 11 is 3.44. The van der Waals surface area contributed by atoms with Gasteiger partial charge in [-0.05, 0) is 30.7 Å². The fourth-order valence-corrected chi connectivity index (χ4v) is 4.05. The summed E-state index contributed by atoms with van der Waals surface area (Å²) in [5.74, 6) is 0. The zero-order chi connectivity index (χ0) is 13.8. The van der Waals surface area contributed by atoms with E-state index < -0.39 is 0 Å². The van der Waals surface area contributed by atoms with Gasteiger partial charge < -0.3 is 5.11 Å². The Morgan fingerprint density at radius 2 is 2.25 bits per heavy atom. The van der Waals surface area contributed by atoms with E-state index in [1.807, 2.05) is 0 Å². The molecule has 0 saturated heterocycles. The molecule has 1 fully saturated rings. The molecular weight excluding hydrogens is 288 g/mol. The van der Waals surface area contributed by atoms with Crippen molar-refractivity contribution in [1.29, 1.82) is 0 Å². The van der Waals surface area contributed by atoms with Gasteiger partial charge >= 0.3 is 0 Å². The SMILES string of the molecule is OCCCN(Cc1csc(-c2ccsc2)n1)C1CCC1. The van der Waals surface area contributed by atoms with Crippen molar-refractivity contribution in [2.24, 2.45) is 0 Å². The first-order chi connectivity index (χ1) is 9.86. The van der Waals surface area contributed by atoms with Crippen molar-refractivity contribution >= 4 is 22.7 Å². The first-order valence-electron chi connectivity index (χ1n) is 7.18. The van der Waals surface area contributed by atoms with Gasteiger partial charge in [0.25, 0.3) is 0 Å². The molecule has 108 valence electrons. The van der Waals surface area contributed by atoms with Crippen LogP contribution in [0.15, 0.2) is 22.2 Å². The molecule has 0 unspecified atom stereocenters. The van der Waals surface area contributed by atoms with E-state index in [9.17, 15) is 0 Å². The summed E-state index contributed by atoms with van der Waals surface area (Å²) in [6.45, 7) is 2.18. The Morgan fingerprint density at radius 3 is 2.90 bits per heavy atom. The first-order valence-corrected chi connectivity index (χ1v) is 9.01. The topological polar surface area (TPSA) is 36.4 Å². The van der Waals surface area contributed by atoms with E-state index in [4.69, 9.17) is 10.1 Å². The number of hydrogen-bond donors (Lipinski definition) is 1. The van der Waals surface area contributed by atoms with Gasteiger partial charge in [-0.1, -0.05) is 6.42 Å². The molecule has 2 aromatic heterocycles. The third kappa shape index (κ3) is 3.28. The number of rotatable bonds is 7. The largest absolute Gasteiger partial charge is 0.396 e. The van der Waals surface area contributed by atoms with Crippen LogP contribution in [0.1, 0.15) is 31.4 Å². The molecule has 0 amide bonds. The van der Waals surface area contributed by atoms with Gasteiger partial charge in [0.15, 0.2) is 0 Å². The van der Waals surface area contributed by atoms with Crippen LogP contribution in [0.5, 0.6) is 0 Å². The van der Waals surface area contributed by atoms with Crippen molar-refractivity contribution in [2.75, 3.05) is 13.2 Å². The highest BCUT2D eigenvalue weighted by molar-refractivity contribution is 7.14. The van der Waals surface area contributed by atoms with Crippen LogP contribution in [-0.4, -0.2) is 34.2 Å².